The summed E-state index contributed by atoms with van der Waals surface area (Å²) in [5.41, 5.74) is 0. The van der Waals surface area contributed by atoms with Crippen LogP contribution in [-0.2, 0) is 14.3 Å². The van der Waals surface area contributed by atoms with Crippen molar-refractivity contribution in [1.82, 2.24) is 0 Å². The van der Waals surface area contributed by atoms with Gasteiger partial charge in [0.25, 0.3) is 0 Å². The van der Waals surface area contributed by atoms with E-state index >= 15 is 0 Å². The van der Waals surface area contributed by atoms with Crippen LogP contribution in [0.2, 0.25) is 0 Å². The van der Waals surface area contributed by atoms with Crippen molar-refractivity contribution in [3.63, 3.8) is 0 Å². The topological polar surface area (TPSA) is 35.5 Å². The van der Waals surface area contributed by atoms with Crippen molar-refractivity contribution in [2.24, 2.45) is 5.92 Å². The van der Waals surface area contributed by atoms with E-state index in [0.29, 0.717) is 0 Å². The third-order valence-corrected chi connectivity index (χ3v) is 2.02. The van der Waals surface area contributed by atoms with Gasteiger partial charge in [0, 0.05) is 7.11 Å². The third kappa shape index (κ3) is 1.14. The first-order chi connectivity index (χ1) is 4.79. The van der Waals surface area contributed by atoms with Gasteiger partial charge in [-0.25, -0.2) is 0 Å². The Labute approximate surface area is 60.3 Å². The molecule has 0 bridgehead atoms. The van der Waals surface area contributed by atoms with Gasteiger partial charge in [-0.05, 0) is 12.8 Å². The van der Waals surface area contributed by atoms with Crippen molar-refractivity contribution < 1.29 is 14.3 Å². The molecule has 1 aliphatic rings. The monoisotopic (exact) mass is 144 g/mol. The SMILES string of the molecule is COC(=O)C1CCC1OC. The van der Waals surface area contributed by atoms with Crippen LogP contribution in [0.4, 0.5) is 0 Å². The fraction of sp³-hybridized carbons (Fsp3) is 0.857. The highest BCUT2D eigenvalue weighted by molar-refractivity contribution is 5.74. The summed E-state index contributed by atoms with van der Waals surface area (Å²) < 4.78 is 9.59. The third-order valence-electron chi connectivity index (χ3n) is 2.02. The average Bonchev–Trinajstić information content (AvgIpc) is 1.86. The molecule has 0 amide bonds. The van der Waals surface area contributed by atoms with Crippen LogP contribution in [0.1, 0.15) is 12.8 Å². The highest BCUT2D eigenvalue weighted by atomic mass is 16.5. The zero-order valence-corrected chi connectivity index (χ0v) is 6.29. The van der Waals surface area contributed by atoms with E-state index in [1.165, 1.54) is 7.11 Å². The van der Waals surface area contributed by atoms with E-state index in [1.54, 1.807) is 7.11 Å². The van der Waals surface area contributed by atoms with E-state index in [2.05, 4.69) is 4.74 Å². The largest absolute Gasteiger partial charge is 0.469 e. The molecule has 0 radical (unpaired) electrons. The van der Waals surface area contributed by atoms with Gasteiger partial charge in [-0.1, -0.05) is 0 Å². The predicted octanol–water partition coefficient (Wildman–Crippen LogP) is 0.584. The number of hydrogen-bond acceptors (Lipinski definition) is 3. The maximum Gasteiger partial charge on any atom is 0.311 e. The number of methoxy groups -OCH3 is 2. The molecule has 1 fully saturated rings. The number of hydrogen-bond donors (Lipinski definition) is 0. The lowest BCUT2D eigenvalue weighted by Gasteiger charge is -2.32. The zero-order valence-electron chi connectivity index (χ0n) is 6.29. The fourth-order valence-electron chi connectivity index (χ4n) is 1.17. The van der Waals surface area contributed by atoms with Gasteiger partial charge in [0.2, 0.25) is 0 Å². The van der Waals surface area contributed by atoms with Crippen molar-refractivity contribution >= 4 is 5.97 Å². The molecule has 0 spiro atoms. The number of ether oxygens (including phenoxy) is 2. The standard InChI is InChI=1S/C7H12O3/c1-9-6-4-3-5(6)7(8)10-2/h5-6H,3-4H2,1-2H3. The molecule has 3 nitrogen and oxygen atoms in total. The van der Waals surface area contributed by atoms with Crippen LogP contribution >= 0.6 is 0 Å². The maximum absolute atomic E-state index is 10.9. The number of esters is 1. The quantitative estimate of drug-likeness (QED) is 0.532. The summed E-state index contributed by atoms with van der Waals surface area (Å²) in [5.74, 6) is -0.145. The van der Waals surface area contributed by atoms with Crippen LogP contribution in [0.25, 0.3) is 0 Å². The van der Waals surface area contributed by atoms with Gasteiger partial charge in [-0.3, -0.25) is 4.79 Å². The summed E-state index contributed by atoms with van der Waals surface area (Å²) in [4.78, 5) is 10.9. The van der Waals surface area contributed by atoms with Gasteiger partial charge in [-0.15, -0.1) is 0 Å². The minimum atomic E-state index is -0.141. The smallest absolute Gasteiger partial charge is 0.311 e. The Bertz CT molecular complexity index is 131. The Morgan fingerprint density at radius 3 is 2.40 bits per heavy atom. The first kappa shape index (κ1) is 7.54. The van der Waals surface area contributed by atoms with Crippen LogP contribution < -0.4 is 0 Å². The molecule has 58 valence electrons. The number of carbonyl (C=O) groups is 1. The summed E-state index contributed by atoms with van der Waals surface area (Å²) in [6, 6.07) is 0. The Morgan fingerprint density at radius 2 is 2.10 bits per heavy atom. The van der Waals surface area contributed by atoms with Crippen LogP contribution in [0.5, 0.6) is 0 Å². The van der Waals surface area contributed by atoms with Gasteiger partial charge in [0.15, 0.2) is 0 Å². The molecule has 0 aromatic carbocycles. The van der Waals surface area contributed by atoms with Crippen molar-refractivity contribution in [2.75, 3.05) is 14.2 Å². The Balaban J connectivity index is 2.35. The molecule has 0 heterocycles. The van der Waals surface area contributed by atoms with Crippen LogP contribution in [0.15, 0.2) is 0 Å². The lowest BCUT2D eigenvalue weighted by atomic mass is 9.82. The number of rotatable bonds is 2. The van der Waals surface area contributed by atoms with E-state index in [0.717, 1.165) is 12.8 Å². The molecule has 0 N–H and O–H groups in total. The van der Waals surface area contributed by atoms with E-state index in [1.807, 2.05) is 0 Å². The molecular formula is C7H12O3. The molecule has 0 aromatic heterocycles. The van der Waals surface area contributed by atoms with Crippen LogP contribution in [-0.4, -0.2) is 26.3 Å². The summed E-state index contributed by atoms with van der Waals surface area (Å²) in [6.07, 6.45) is 1.99. The highest BCUT2D eigenvalue weighted by Gasteiger charge is 2.37. The Morgan fingerprint density at radius 1 is 1.40 bits per heavy atom. The molecule has 2 unspecified atom stereocenters. The van der Waals surface area contributed by atoms with Crippen LogP contribution in [0.3, 0.4) is 0 Å². The fourth-order valence-corrected chi connectivity index (χ4v) is 1.17. The second kappa shape index (κ2) is 3.01. The van der Waals surface area contributed by atoms with E-state index in [4.69, 9.17) is 4.74 Å². The summed E-state index contributed by atoms with van der Waals surface area (Å²) in [6.45, 7) is 0. The van der Waals surface area contributed by atoms with Gasteiger partial charge in [0.1, 0.15) is 0 Å². The summed E-state index contributed by atoms with van der Waals surface area (Å²) >= 11 is 0. The molecule has 1 rings (SSSR count). The Hall–Kier alpha value is -0.570. The molecule has 2 atom stereocenters. The van der Waals surface area contributed by atoms with E-state index < -0.39 is 0 Å². The summed E-state index contributed by atoms with van der Waals surface area (Å²) in [7, 11) is 3.03. The van der Waals surface area contributed by atoms with Gasteiger partial charge < -0.3 is 9.47 Å². The first-order valence-electron chi connectivity index (χ1n) is 3.40. The summed E-state index contributed by atoms with van der Waals surface area (Å²) in [5, 5.41) is 0. The molecule has 10 heavy (non-hydrogen) atoms. The van der Waals surface area contributed by atoms with Crippen molar-refractivity contribution in [3.05, 3.63) is 0 Å². The zero-order chi connectivity index (χ0) is 7.56. The minimum Gasteiger partial charge on any atom is -0.469 e. The molecule has 0 aliphatic heterocycles. The van der Waals surface area contributed by atoms with Gasteiger partial charge >= 0.3 is 5.97 Å². The second-order valence-electron chi connectivity index (χ2n) is 2.48. The highest BCUT2D eigenvalue weighted by Crippen LogP contribution is 2.30. The first-order valence-corrected chi connectivity index (χ1v) is 3.40. The van der Waals surface area contributed by atoms with E-state index in [-0.39, 0.29) is 18.0 Å². The molecule has 3 heteroatoms. The van der Waals surface area contributed by atoms with Crippen LogP contribution in [0, 0.1) is 5.92 Å². The molecular weight excluding hydrogens is 132 g/mol. The van der Waals surface area contributed by atoms with Crippen molar-refractivity contribution in [1.29, 1.82) is 0 Å². The van der Waals surface area contributed by atoms with E-state index in [9.17, 15) is 4.79 Å². The molecule has 0 aromatic rings. The van der Waals surface area contributed by atoms with Crippen molar-refractivity contribution in [3.8, 4) is 0 Å². The number of carbonyl (C=O) groups excluding carboxylic acids is 1. The lowest BCUT2D eigenvalue weighted by molar-refractivity contribution is -0.157. The lowest BCUT2D eigenvalue weighted by Crippen LogP contribution is -2.39. The van der Waals surface area contributed by atoms with Gasteiger partial charge in [0.05, 0.1) is 19.1 Å². The molecule has 1 aliphatic carbocycles. The second-order valence-corrected chi connectivity index (χ2v) is 2.48. The minimum absolute atomic E-state index is 0.00463. The predicted molar refractivity (Wildman–Crippen MR) is 35.5 cm³/mol. The molecule has 1 saturated carbocycles. The Kier molecular flexibility index (Phi) is 2.27. The van der Waals surface area contributed by atoms with Crippen molar-refractivity contribution in [2.45, 2.75) is 18.9 Å². The normalized spacial score (nSPS) is 31.0. The van der Waals surface area contributed by atoms with Gasteiger partial charge in [-0.2, -0.15) is 0 Å². The maximum atomic E-state index is 10.9. The average molecular weight is 144 g/mol. The molecule has 0 saturated heterocycles.